The first kappa shape index (κ1) is 25.5. The minimum Gasteiger partial charge on any atom is -0.508 e. The molecule has 0 aliphatic carbocycles. The van der Waals surface area contributed by atoms with Crippen molar-refractivity contribution >= 4 is 23.6 Å². The number of likely N-dealkylation sites (N-methyl/N-ethyl adjacent to an activating group) is 1. The van der Waals surface area contributed by atoms with E-state index < -0.39 is 0 Å². The van der Waals surface area contributed by atoms with Gasteiger partial charge in [0, 0.05) is 13.2 Å². The van der Waals surface area contributed by atoms with Crippen LogP contribution in [0, 0.1) is 0 Å². The van der Waals surface area contributed by atoms with Gasteiger partial charge >= 0.3 is 0 Å². The molecule has 3 rings (SSSR count). The number of hydrogen-bond donors (Lipinski definition) is 2. The molecule has 0 aliphatic rings. The number of hydrogen-bond acceptors (Lipinski definition) is 4. The molecule has 0 amide bonds. The molecular weight excluding hydrogens is 422 g/mol. The molecule has 3 aromatic carbocycles. The van der Waals surface area contributed by atoms with Crippen LogP contribution in [0.2, 0.25) is 0 Å². The van der Waals surface area contributed by atoms with E-state index in [-0.39, 0.29) is 24.8 Å². The number of benzene rings is 3. The number of ether oxygens (including phenoxy) is 1. The maximum absolute atomic E-state index is 9.79. The average molecular weight is 454 g/mol. The Morgan fingerprint density at radius 1 is 0.812 bits per heavy atom. The molecule has 0 heterocycles. The Bertz CT molecular complexity index is 968. The van der Waals surface area contributed by atoms with Crippen LogP contribution in [-0.4, -0.2) is 49.0 Å². The Morgan fingerprint density at radius 2 is 1.41 bits per heavy atom. The average Bonchev–Trinajstić information content (AvgIpc) is 2.79. The topological polar surface area (TPSA) is 52.9 Å². The quantitative estimate of drug-likeness (QED) is 0.399. The van der Waals surface area contributed by atoms with Gasteiger partial charge in [0.25, 0.3) is 0 Å². The predicted molar refractivity (Wildman–Crippen MR) is 135 cm³/mol. The molecule has 0 aliphatic heterocycles. The van der Waals surface area contributed by atoms with E-state index >= 15 is 0 Å². The lowest BCUT2D eigenvalue weighted by molar-refractivity contribution is 0.261. The van der Waals surface area contributed by atoms with E-state index in [2.05, 4.69) is 29.2 Å². The SMILES string of the molecule is CN(C)CCOc1ccc(/C(=C(/CCCO)c2ccccc2)c2ccc(O)cc2)cc1.Cl. The van der Waals surface area contributed by atoms with E-state index in [0.717, 1.165) is 41.0 Å². The Morgan fingerprint density at radius 3 is 1.97 bits per heavy atom. The number of aliphatic hydroxyl groups is 1. The fourth-order valence-electron chi connectivity index (χ4n) is 3.52. The molecule has 0 aromatic heterocycles. The van der Waals surface area contributed by atoms with Gasteiger partial charge in [0.05, 0.1) is 0 Å². The Hall–Kier alpha value is -2.79. The molecule has 0 unspecified atom stereocenters. The van der Waals surface area contributed by atoms with Crippen molar-refractivity contribution in [2.45, 2.75) is 12.8 Å². The van der Waals surface area contributed by atoms with Gasteiger partial charge in [0.15, 0.2) is 0 Å². The zero-order chi connectivity index (χ0) is 22.1. The molecule has 0 bridgehead atoms. The summed E-state index contributed by atoms with van der Waals surface area (Å²) in [6, 6.07) is 25.7. The van der Waals surface area contributed by atoms with E-state index in [0.29, 0.717) is 13.0 Å². The molecule has 4 nitrogen and oxygen atoms in total. The highest BCUT2D eigenvalue weighted by molar-refractivity contribution is 5.98. The first-order chi connectivity index (χ1) is 15.1. The largest absolute Gasteiger partial charge is 0.508 e. The van der Waals surface area contributed by atoms with Crippen LogP contribution in [0.25, 0.3) is 11.1 Å². The fourth-order valence-corrected chi connectivity index (χ4v) is 3.52. The van der Waals surface area contributed by atoms with E-state index in [1.807, 2.05) is 56.6 Å². The van der Waals surface area contributed by atoms with Gasteiger partial charge in [-0.25, -0.2) is 0 Å². The summed E-state index contributed by atoms with van der Waals surface area (Å²) in [4.78, 5) is 2.09. The van der Waals surface area contributed by atoms with E-state index in [1.54, 1.807) is 12.1 Å². The van der Waals surface area contributed by atoms with Crippen LogP contribution < -0.4 is 4.74 Å². The number of aliphatic hydroxyl groups excluding tert-OH is 1. The summed E-state index contributed by atoms with van der Waals surface area (Å²) in [5, 5.41) is 19.3. The molecule has 0 atom stereocenters. The molecule has 0 saturated carbocycles. The lowest BCUT2D eigenvalue weighted by atomic mass is 9.87. The van der Waals surface area contributed by atoms with E-state index in [4.69, 9.17) is 4.74 Å². The number of halogens is 1. The first-order valence-corrected chi connectivity index (χ1v) is 10.7. The Kier molecular flexibility index (Phi) is 10.3. The first-order valence-electron chi connectivity index (χ1n) is 10.7. The molecule has 0 saturated heterocycles. The smallest absolute Gasteiger partial charge is 0.119 e. The fraction of sp³-hybridized carbons (Fsp3) is 0.259. The number of phenolic OH excluding ortho intramolecular Hbond substituents is 1. The van der Waals surface area contributed by atoms with Crippen LogP contribution in [0.15, 0.2) is 78.9 Å². The molecule has 5 heteroatoms. The van der Waals surface area contributed by atoms with Crippen LogP contribution >= 0.6 is 12.4 Å². The molecule has 0 radical (unpaired) electrons. The number of rotatable bonds is 10. The highest BCUT2D eigenvalue weighted by Gasteiger charge is 2.14. The number of nitrogens with zero attached hydrogens (tertiary/aromatic N) is 1. The molecule has 0 fully saturated rings. The lowest BCUT2D eigenvalue weighted by Gasteiger charge is -2.18. The van der Waals surface area contributed by atoms with Gasteiger partial charge in [-0.3, -0.25) is 0 Å². The van der Waals surface area contributed by atoms with E-state index in [1.165, 1.54) is 5.57 Å². The van der Waals surface area contributed by atoms with Crippen molar-refractivity contribution in [2.75, 3.05) is 33.9 Å². The van der Waals surface area contributed by atoms with Crippen LogP contribution in [0.3, 0.4) is 0 Å². The van der Waals surface area contributed by atoms with Gasteiger partial charge < -0.3 is 19.8 Å². The zero-order valence-electron chi connectivity index (χ0n) is 18.7. The van der Waals surface area contributed by atoms with Crippen LogP contribution in [-0.2, 0) is 0 Å². The predicted octanol–water partition coefficient (Wildman–Crippen LogP) is 5.49. The van der Waals surface area contributed by atoms with Crippen molar-refractivity contribution in [3.8, 4) is 11.5 Å². The number of allylic oxidation sites excluding steroid dienone is 1. The summed E-state index contributed by atoms with van der Waals surface area (Å²) >= 11 is 0. The van der Waals surface area contributed by atoms with Gasteiger partial charge in [-0.2, -0.15) is 0 Å². The minimum atomic E-state index is 0. The summed E-state index contributed by atoms with van der Waals surface area (Å²) in [5.41, 5.74) is 5.49. The normalized spacial score (nSPS) is 11.6. The van der Waals surface area contributed by atoms with Crippen molar-refractivity contribution in [3.63, 3.8) is 0 Å². The maximum atomic E-state index is 9.79. The molecular formula is C27H32ClNO3. The summed E-state index contributed by atoms with van der Waals surface area (Å²) in [7, 11) is 4.05. The third-order valence-corrected chi connectivity index (χ3v) is 5.12. The van der Waals surface area contributed by atoms with Crippen LogP contribution in [0.4, 0.5) is 0 Å². The van der Waals surface area contributed by atoms with Gasteiger partial charge in [0.2, 0.25) is 0 Å². The van der Waals surface area contributed by atoms with Crippen molar-refractivity contribution in [2.24, 2.45) is 0 Å². The van der Waals surface area contributed by atoms with Gasteiger partial charge in [-0.05, 0) is 79.0 Å². The summed E-state index contributed by atoms with van der Waals surface area (Å²) in [6.45, 7) is 1.64. The second-order valence-electron chi connectivity index (χ2n) is 7.77. The summed E-state index contributed by atoms with van der Waals surface area (Å²) in [5.74, 6) is 1.08. The zero-order valence-corrected chi connectivity index (χ0v) is 19.5. The highest BCUT2D eigenvalue weighted by Crippen LogP contribution is 2.36. The standard InChI is InChI=1S/C27H31NO3.ClH/c1-28(2)18-20-31-25-16-12-23(13-17-25)27(22-10-14-24(30)15-11-22)26(9-6-19-29)21-7-4-3-5-8-21;/h3-5,7-8,10-17,29-30H,6,9,18-20H2,1-2H3;1H/b27-26-;. The number of aromatic hydroxyl groups is 1. The second-order valence-corrected chi connectivity index (χ2v) is 7.77. The van der Waals surface area contributed by atoms with Crippen molar-refractivity contribution in [3.05, 3.63) is 95.6 Å². The minimum absolute atomic E-state index is 0. The molecule has 2 N–H and O–H groups in total. The van der Waals surface area contributed by atoms with E-state index in [9.17, 15) is 10.2 Å². The lowest BCUT2D eigenvalue weighted by Crippen LogP contribution is -2.19. The summed E-state index contributed by atoms with van der Waals surface area (Å²) < 4.78 is 5.86. The number of phenols is 1. The van der Waals surface area contributed by atoms with Gasteiger partial charge in [0.1, 0.15) is 18.1 Å². The molecule has 0 spiro atoms. The Labute approximate surface area is 197 Å². The third-order valence-electron chi connectivity index (χ3n) is 5.12. The highest BCUT2D eigenvalue weighted by atomic mass is 35.5. The monoisotopic (exact) mass is 453 g/mol. The van der Waals surface area contributed by atoms with Crippen molar-refractivity contribution < 1.29 is 14.9 Å². The van der Waals surface area contributed by atoms with Gasteiger partial charge in [-0.1, -0.05) is 54.6 Å². The van der Waals surface area contributed by atoms with Gasteiger partial charge in [-0.15, -0.1) is 12.4 Å². The molecule has 170 valence electrons. The van der Waals surface area contributed by atoms with Crippen LogP contribution in [0.5, 0.6) is 11.5 Å². The third kappa shape index (κ3) is 7.13. The maximum Gasteiger partial charge on any atom is 0.119 e. The summed E-state index contributed by atoms with van der Waals surface area (Å²) in [6.07, 6.45) is 1.43. The van der Waals surface area contributed by atoms with Crippen LogP contribution in [0.1, 0.15) is 29.5 Å². The molecule has 3 aromatic rings. The van der Waals surface area contributed by atoms with Crippen molar-refractivity contribution in [1.29, 1.82) is 0 Å². The second kappa shape index (κ2) is 12.9. The van der Waals surface area contributed by atoms with Crippen molar-refractivity contribution in [1.82, 2.24) is 4.90 Å². The Balaban J connectivity index is 0.00000363. The molecule has 32 heavy (non-hydrogen) atoms.